The van der Waals surface area contributed by atoms with E-state index in [-0.39, 0.29) is 6.04 Å². The number of rotatable bonds is 6. The molecule has 0 atom stereocenters. The predicted octanol–water partition coefficient (Wildman–Crippen LogP) is 2.41. The van der Waals surface area contributed by atoms with Crippen LogP contribution >= 0.6 is 0 Å². The molecule has 0 unspecified atom stereocenters. The fraction of sp³-hybridized carbons (Fsp3) is 0.667. The molecule has 140 valence electrons. The summed E-state index contributed by atoms with van der Waals surface area (Å²) in [6, 6.07) is 8.35. The van der Waals surface area contributed by atoms with E-state index in [9.17, 15) is 8.42 Å². The van der Waals surface area contributed by atoms with Crippen molar-refractivity contribution in [3.63, 3.8) is 0 Å². The molecule has 0 aromatic heterocycles. The van der Waals surface area contributed by atoms with E-state index in [0.29, 0.717) is 11.7 Å². The Labute approximate surface area is 151 Å². The van der Waals surface area contributed by atoms with E-state index in [0.717, 1.165) is 57.5 Å². The maximum Gasteiger partial charge on any atom is 0.299 e. The number of hydrogen-bond acceptors (Lipinski definition) is 4. The Morgan fingerprint density at radius 1 is 1.00 bits per heavy atom. The molecule has 0 amide bonds. The first kappa shape index (κ1) is 18.5. The van der Waals surface area contributed by atoms with Gasteiger partial charge in [0, 0.05) is 49.6 Å². The SMILES string of the molecule is CC(C)N1CCN(c2ccc(NS(=O)(=O)NC3CCCC3)cc2)CC1. The average Bonchev–Trinajstić information content (AvgIpc) is 3.07. The third kappa shape index (κ3) is 5.09. The molecule has 3 rings (SSSR count). The smallest absolute Gasteiger partial charge is 0.299 e. The second-order valence-corrected chi connectivity index (χ2v) is 8.82. The van der Waals surface area contributed by atoms with E-state index in [1.165, 1.54) is 0 Å². The number of benzene rings is 1. The summed E-state index contributed by atoms with van der Waals surface area (Å²) in [5, 5.41) is 0. The van der Waals surface area contributed by atoms with Gasteiger partial charge in [0.1, 0.15) is 0 Å². The third-order valence-corrected chi connectivity index (χ3v) is 6.35. The fourth-order valence-electron chi connectivity index (χ4n) is 3.68. The topological polar surface area (TPSA) is 64.7 Å². The van der Waals surface area contributed by atoms with Crippen LogP contribution in [0.15, 0.2) is 24.3 Å². The van der Waals surface area contributed by atoms with Crippen LogP contribution in [-0.4, -0.2) is 51.6 Å². The lowest BCUT2D eigenvalue weighted by Gasteiger charge is -2.38. The molecular formula is C18H30N4O2S. The van der Waals surface area contributed by atoms with Gasteiger partial charge in [-0.1, -0.05) is 12.8 Å². The summed E-state index contributed by atoms with van der Waals surface area (Å²) in [7, 11) is -3.49. The van der Waals surface area contributed by atoms with Gasteiger partial charge >= 0.3 is 0 Å². The van der Waals surface area contributed by atoms with Gasteiger partial charge in [-0.15, -0.1) is 0 Å². The molecular weight excluding hydrogens is 336 g/mol. The summed E-state index contributed by atoms with van der Waals surface area (Å²) in [6.07, 6.45) is 4.07. The van der Waals surface area contributed by atoms with Crippen molar-refractivity contribution in [2.45, 2.75) is 51.6 Å². The highest BCUT2D eigenvalue weighted by Gasteiger charge is 2.22. The van der Waals surface area contributed by atoms with Crippen LogP contribution in [0.5, 0.6) is 0 Å². The predicted molar refractivity (Wildman–Crippen MR) is 103 cm³/mol. The van der Waals surface area contributed by atoms with Gasteiger partial charge in [0.25, 0.3) is 10.2 Å². The largest absolute Gasteiger partial charge is 0.369 e. The zero-order valence-corrected chi connectivity index (χ0v) is 16.1. The Morgan fingerprint density at radius 2 is 1.60 bits per heavy atom. The van der Waals surface area contributed by atoms with Gasteiger partial charge in [-0.25, -0.2) is 0 Å². The highest BCUT2D eigenvalue weighted by molar-refractivity contribution is 7.90. The lowest BCUT2D eigenvalue weighted by atomic mass is 10.2. The molecule has 25 heavy (non-hydrogen) atoms. The molecule has 1 saturated carbocycles. The van der Waals surface area contributed by atoms with Crippen LogP contribution in [0.2, 0.25) is 0 Å². The molecule has 0 radical (unpaired) electrons. The van der Waals surface area contributed by atoms with Crippen LogP contribution < -0.4 is 14.3 Å². The van der Waals surface area contributed by atoms with Crippen LogP contribution in [0.1, 0.15) is 39.5 Å². The van der Waals surface area contributed by atoms with Crippen molar-refractivity contribution < 1.29 is 8.42 Å². The van der Waals surface area contributed by atoms with Gasteiger partial charge in [-0.2, -0.15) is 13.1 Å². The van der Waals surface area contributed by atoms with Crippen molar-refractivity contribution in [3.05, 3.63) is 24.3 Å². The lowest BCUT2D eigenvalue weighted by Crippen LogP contribution is -2.48. The average molecular weight is 367 g/mol. The molecule has 1 aliphatic heterocycles. The van der Waals surface area contributed by atoms with Crippen molar-refractivity contribution in [1.82, 2.24) is 9.62 Å². The zero-order valence-electron chi connectivity index (χ0n) is 15.2. The molecule has 7 heteroatoms. The van der Waals surface area contributed by atoms with Crippen LogP contribution in [0, 0.1) is 0 Å². The number of anilines is 2. The second-order valence-electron chi connectivity index (χ2n) is 7.37. The van der Waals surface area contributed by atoms with E-state index in [4.69, 9.17) is 0 Å². The van der Waals surface area contributed by atoms with Crippen molar-refractivity contribution in [1.29, 1.82) is 0 Å². The quantitative estimate of drug-likeness (QED) is 0.811. The van der Waals surface area contributed by atoms with Crippen molar-refractivity contribution in [3.8, 4) is 0 Å². The number of hydrogen-bond donors (Lipinski definition) is 2. The third-order valence-electron chi connectivity index (χ3n) is 5.21. The summed E-state index contributed by atoms with van der Waals surface area (Å²) in [5.41, 5.74) is 1.75. The molecule has 1 aromatic rings. The van der Waals surface area contributed by atoms with Crippen molar-refractivity contribution >= 4 is 21.6 Å². The van der Waals surface area contributed by atoms with Crippen LogP contribution in [-0.2, 0) is 10.2 Å². The maximum atomic E-state index is 12.2. The summed E-state index contributed by atoms with van der Waals surface area (Å²) < 4.78 is 29.8. The molecule has 1 aromatic carbocycles. The van der Waals surface area contributed by atoms with Crippen molar-refractivity contribution in [2.24, 2.45) is 0 Å². The van der Waals surface area contributed by atoms with Gasteiger partial charge in [-0.05, 0) is 51.0 Å². The first-order valence-corrected chi connectivity index (χ1v) is 10.8. The van der Waals surface area contributed by atoms with E-state index in [1.807, 2.05) is 24.3 Å². The highest BCUT2D eigenvalue weighted by Crippen LogP contribution is 2.22. The summed E-state index contributed by atoms with van der Waals surface area (Å²) in [5.74, 6) is 0. The highest BCUT2D eigenvalue weighted by atomic mass is 32.2. The van der Waals surface area contributed by atoms with Crippen LogP contribution in [0.3, 0.4) is 0 Å². The Balaban J connectivity index is 1.55. The minimum Gasteiger partial charge on any atom is -0.369 e. The Hall–Kier alpha value is -1.31. The molecule has 1 saturated heterocycles. The first-order chi connectivity index (χ1) is 11.9. The Bertz CT molecular complexity index is 646. The standard InChI is InChI=1S/C18H30N4O2S/c1-15(2)21-11-13-22(14-12-21)18-9-7-17(8-10-18)20-25(23,24)19-16-5-3-4-6-16/h7-10,15-16,19-20H,3-6,11-14H2,1-2H3. The molecule has 2 N–H and O–H groups in total. The number of nitrogens with one attached hydrogen (secondary N) is 2. The van der Waals surface area contributed by atoms with Gasteiger partial charge < -0.3 is 4.90 Å². The zero-order chi connectivity index (χ0) is 17.9. The van der Waals surface area contributed by atoms with Gasteiger partial charge in [-0.3, -0.25) is 9.62 Å². The van der Waals surface area contributed by atoms with Crippen LogP contribution in [0.4, 0.5) is 11.4 Å². The van der Waals surface area contributed by atoms with E-state index < -0.39 is 10.2 Å². The molecule has 0 bridgehead atoms. The molecule has 6 nitrogen and oxygen atoms in total. The summed E-state index contributed by atoms with van der Waals surface area (Å²) >= 11 is 0. The minimum atomic E-state index is -3.49. The Kier molecular flexibility index (Phi) is 5.86. The lowest BCUT2D eigenvalue weighted by molar-refractivity contribution is 0.209. The number of nitrogens with zero attached hydrogens (tertiary/aromatic N) is 2. The van der Waals surface area contributed by atoms with E-state index in [2.05, 4.69) is 33.1 Å². The molecule has 1 aliphatic carbocycles. The second kappa shape index (κ2) is 7.93. The fourth-order valence-corrected chi connectivity index (χ4v) is 4.86. The van der Waals surface area contributed by atoms with Crippen molar-refractivity contribution in [2.75, 3.05) is 35.8 Å². The normalized spacial score (nSPS) is 20.4. The molecule has 0 spiro atoms. The van der Waals surface area contributed by atoms with Gasteiger partial charge in [0.2, 0.25) is 0 Å². The Morgan fingerprint density at radius 3 is 2.16 bits per heavy atom. The summed E-state index contributed by atoms with van der Waals surface area (Å²) in [4.78, 5) is 4.83. The molecule has 2 fully saturated rings. The first-order valence-electron chi connectivity index (χ1n) is 9.32. The van der Waals surface area contributed by atoms with E-state index >= 15 is 0 Å². The molecule has 1 heterocycles. The van der Waals surface area contributed by atoms with Gasteiger partial charge in [0.05, 0.1) is 0 Å². The monoisotopic (exact) mass is 366 g/mol. The van der Waals surface area contributed by atoms with Crippen LogP contribution in [0.25, 0.3) is 0 Å². The van der Waals surface area contributed by atoms with E-state index in [1.54, 1.807) is 0 Å². The van der Waals surface area contributed by atoms with Gasteiger partial charge in [0.15, 0.2) is 0 Å². The minimum absolute atomic E-state index is 0.0778. The summed E-state index contributed by atoms with van der Waals surface area (Å²) in [6.45, 7) is 8.61. The maximum absolute atomic E-state index is 12.2. The molecule has 2 aliphatic rings. The number of piperazine rings is 1.